The molecule has 0 bridgehead atoms. The first-order valence-electron chi connectivity index (χ1n) is 5.45. The van der Waals surface area contributed by atoms with Crippen LogP contribution < -0.4 is 0 Å². The van der Waals surface area contributed by atoms with Gasteiger partial charge in [0, 0.05) is 0 Å². The van der Waals surface area contributed by atoms with Gasteiger partial charge in [-0.3, -0.25) is 4.79 Å². The molecule has 0 heterocycles. The summed E-state index contributed by atoms with van der Waals surface area (Å²) in [6.45, 7) is 12.2. The van der Waals surface area contributed by atoms with Gasteiger partial charge in [-0.1, -0.05) is 27.7 Å². The smallest absolute Gasteiger partial charge is 0.309 e. The predicted octanol–water partition coefficient (Wildman–Crippen LogP) is 2.81. The summed E-state index contributed by atoms with van der Waals surface area (Å²) in [5.41, 5.74) is -2.26. The lowest BCUT2D eigenvalue weighted by Crippen LogP contribution is -2.53. The van der Waals surface area contributed by atoms with Crippen molar-refractivity contribution < 1.29 is 14.6 Å². The summed E-state index contributed by atoms with van der Waals surface area (Å²) in [6.07, 6.45) is 0. The monoisotopic (exact) mass is 215 g/mol. The molecule has 0 N–H and O–H groups in total. The number of carbonyl (C=O) groups is 1. The van der Waals surface area contributed by atoms with Gasteiger partial charge in [-0.05, 0) is 26.7 Å². The maximum Gasteiger partial charge on any atom is 0.309 e. The van der Waals surface area contributed by atoms with Crippen LogP contribution in [-0.4, -0.2) is 17.2 Å². The summed E-state index contributed by atoms with van der Waals surface area (Å²) in [5, 5.41) is 12.3. The van der Waals surface area contributed by atoms with E-state index in [2.05, 4.69) is 0 Å². The lowest BCUT2D eigenvalue weighted by atomic mass is 9.78. The van der Waals surface area contributed by atoms with Crippen LogP contribution in [0.25, 0.3) is 0 Å². The minimum atomic E-state index is -1.28. The van der Waals surface area contributed by atoms with E-state index in [0.717, 1.165) is 0 Å². The second kappa shape index (κ2) is 4.52. The van der Waals surface area contributed by atoms with Crippen molar-refractivity contribution in [3.63, 3.8) is 0 Å². The maximum atomic E-state index is 12.3. The normalized spacial score (nSPS) is 16.7. The van der Waals surface area contributed by atoms with Crippen LogP contribution in [0.2, 0.25) is 0 Å². The summed E-state index contributed by atoms with van der Waals surface area (Å²) < 4.78 is 5.27. The van der Waals surface area contributed by atoms with E-state index in [1.54, 1.807) is 34.6 Å². The van der Waals surface area contributed by atoms with E-state index >= 15 is 0 Å². The van der Waals surface area contributed by atoms with Crippen molar-refractivity contribution in [3.05, 3.63) is 0 Å². The largest absolute Gasteiger partial charge is 0.456 e. The quantitative estimate of drug-likeness (QED) is 0.677. The van der Waals surface area contributed by atoms with Gasteiger partial charge in [0.15, 0.2) is 0 Å². The zero-order valence-corrected chi connectivity index (χ0v) is 10.9. The first-order chi connectivity index (χ1) is 6.52. The molecule has 0 saturated carbocycles. The molecule has 0 aromatic carbocycles. The van der Waals surface area contributed by atoms with Crippen LogP contribution in [0.5, 0.6) is 0 Å². The van der Waals surface area contributed by atoms with Crippen molar-refractivity contribution in [2.45, 2.75) is 59.7 Å². The summed E-state index contributed by atoms with van der Waals surface area (Å²) in [6, 6.07) is 0. The van der Waals surface area contributed by atoms with Gasteiger partial charge in [0.25, 0.3) is 0 Å². The van der Waals surface area contributed by atoms with Gasteiger partial charge in [-0.25, -0.2) is 5.11 Å². The summed E-state index contributed by atoms with van der Waals surface area (Å²) >= 11 is 0. The molecule has 0 aromatic heterocycles. The minimum absolute atomic E-state index is 0.0903. The molecule has 0 fully saturated rings. The highest BCUT2D eigenvalue weighted by Gasteiger charge is 2.47. The average Bonchev–Trinajstić information content (AvgIpc) is 2.02. The second-order valence-corrected chi connectivity index (χ2v) is 5.35. The number of hydrogen-bond acceptors (Lipinski definition) is 2. The van der Waals surface area contributed by atoms with E-state index in [1.165, 1.54) is 0 Å². The maximum absolute atomic E-state index is 12.3. The predicted molar refractivity (Wildman–Crippen MR) is 58.9 cm³/mol. The van der Waals surface area contributed by atoms with E-state index in [1.807, 2.05) is 13.8 Å². The van der Waals surface area contributed by atoms with Gasteiger partial charge in [0.2, 0.25) is 0 Å². The highest BCUT2D eigenvalue weighted by Crippen LogP contribution is 2.33. The molecule has 3 nitrogen and oxygen atoms in total. The summed E-state index contributed by atoms with van der Waals surface area (Å²) in [7, 11) is 0. The summed E-state index contributed by atoms with van der Waals surface area (Å²) in [5.74, 6) is -0.609. The van der Waals surface area contributed by atoms with Crippen molar-refractivity contribution in [2.75, 3.05) is 0 Å². The highest BCUT2D eigenvalue weighted by molar-refractivity contribution is 5.72. The first-order valence-corrected chi connectivity index (χ1v) is 5.45. The van der Waals surface area contributed by atoms with Crippen LogP contribution in [0.3, 0.4) is 0 Å². The van der Waals surface area contributed by atoms with Crippen molar-refractivity contribution in [1.82, 2.24) is 0 Å². The Morgan fingerprint density at radius 2 is 1.47 bits per heavy atom. The molecule has 1 atom stereocenters. The third kappa shape index (κ3) is 3.20. The molecular weight excluding hydrogens is 192 g/mol. The molecule has 0 rings (SSSR count). The molecule has 0 spiro atoms. The van der Waals surface area contributed by atoms with E-state index in [9.17, 15) is 9.90 Å². The molecule has 1 radical (unpaired) electrons. The molecule has 3 heteroatoms. The fourth-order valence-electron chi connectivity index (χ4n) is 1.17. The molecule has 89 valence electrons. The SMILES string of the molecule is CC(C)C(=O)OC(C)(C)C(C)([O])C(C)C. The van der Waals surface area contributed by atoms with Crippen LogP contribution in [0, 0.1) is 11.8 Å². The van der Waals surface area contributed by atoms with Gasteiger partial charge in [-0.15, -0.1) is 0 Å². The fourth-order valence-corrected chi connectivity index (χ4v) is 1.17. The van der Waals surface area contributed by atoms with Crippen molar-refractivity contribution in [2.24, 2.45) is 11.8 Å². The standard InChI is InChI=1S/C12H23O3/c1-8(2)10(13)15-11(5,6)12(7,14)9(3)4/h8-9H,1-7H3. The zero-order chi connectivity index (χ0) is 12.4. The van der Waals surface area contributed by atoms with Gasteiger partial charge in [-0.2, -0.15) is 0 Å². The summed E-state index contributed by atoms with van der Waals surface area (Å²) in [4.78, 5) is 11.5. The molecule has 15 heavy (non-hydrogen) atoms. The molecule has 0 aromatic rings. The lowest BCUT2D eigenvalue weighted by molar-refractivity contribution is -0.212. The molecular formula is C12H23O3. The second-order valence-electron chi connectivity index (χ2n) is 5.35. The van der Waals surface area contributed by atoms with E-state index in [-0.39, 0.29) is 17.8 Å². The Morgan fingerprint density at radius 3 is 1.73 bits per heavy atom. The molecule has 1 unspecified atom stereocenters. The van der Waals surface area contributed by atoms with E-state index in [4.69, 9.17) is 4.74 Å². The van der Waals surface area contributed by atoms with Gasteiger partial charge in [0.05, 0.1) is 5.92 Å². The van der Waals surface area contributed by atoms with Crippen LogP contribution in [0.1, 0.15) is 48.5 Å². The van der Waals surface area contributed by atoms with Crippen LogP contribution >= 0.6 is 0 Å². The average molecular weight is 215 g/mol. The number of hydrogen-bond donors (Lipinski definition) is 0. The van der Waals surface area contributed by atoms with Crippen molar-refractivity contribution in [1.29, 1.82) is 0 Å². The zero-order valence-electron chi connectivity index (χ0n) is 10.9. The number of carbonyl (C=O) groups excluding carboxylic acids is 1. The third-order valence-electron chi connectivity index (χ3n) is 3.12. The Hall–Kier alpha value is -0.570. The lowest BCUT2D eigenvalue weighted by Gasteiger charge is -2.40. The van der Waals surface area contributed by atoms with Crippen molar-refractivity contribution in [3.8, 4) is 0 Å². The van der Waals surface area contributed by atoms with Gasteiger partial charge >= 0.3 is 5.97 Å². The molecule has 0 aliphatic heterocycles. The van der Waals surface area contributed by atoms with Crippen LogP contribution in [-0.2, 0) is 14.6 Å². The first kappa shape index (κ1) is 14.4. The Bertz CT molecular complexity index is 227. The third-order valence-corrected chi connectivity index (χ3v) is 3.12. The van der Waals surface area contributed by atoms with Crippen molar-refractivity contribution >= 4 is 5.97 Å². The minimum Gasteiger partial charge on any atom is -0.456 e. The fraction of sp³-hybridized carbons (Fsp3) is 0.917. The van der Waals surface area contributed by atoms with Gasteiger partial charge < -0.3 is 4.74 Å². The Balaban J connectivity index is 4.76. The Morgan fingerprint density at radius 1 is 1.07 bits per heavy atom. The van der Waals surface area contributed by atoms with E-state index < -0.39 is 11.2 Å². The molecule has 0 saturated heterocycles. The van der Waals surface area contributed by atoms with Crippen LogP contribution in [0.4, 0.5) is 0 Å². The molecule has 0 aliphatic carbocycles. The molecule has 0 amide bonds. The number of esters is 1. The molecule has 0 aliphatic rings. The van der Waals surface area contributed by atoms with Gasteiger partial charge in [0.1, 0.15) is 11.2 Å². The Kier molecular flexibility index (Phi) is 4.35. The van der Waals surface area contributed by atoms with Crippen LogP contribution in [0.15, 0.2) is 0 Å². The topological polar surface area (TPSA) is 46.2 Å². The number of rotatable bonds is 4. The Labute approximate surface area is 92.8 Å². The number of ether oxygens (including phenoxy) is 1. The van der Waals surface area contributed by atoms with E-state index in [0.29, 0.717) is 0 Å². The highest BCUT2D eigenvalue weighted by atomic mass is 16.6.